The maximum atomic E-state index is 13.7. The van der Waals surface area contributed by atoms with Crippen LogP contribution in [0.2, 0.25) is 0 Å². The molecule has 1 N–H and O–H groups in total. The third kappa shape index (κ3) is 7.83. The number of aromatic nitrogens is 2. The molecule has 0 aliphatic heterocycles. The van der Waals surface area contributed by atoms with Crippen molar-refractivity contribution < 1.29 is 27.4 Å². The molecule has 1 aromatic heterocycles. The zero-order valence-electron chi connectivity index (χ0n) is 23.2. The predicted octanol–water partition coefficient (Wildman–Crippen LogP) is 5.08. The van der Waals surface area contributed by atoms with Crippen LogP contribution in [-0.2, 0) is 19.6 Å². The number of carbonyl (C=O) groups excluding carboxylic acids is 1. The zero-order chi connectivity index (χ0) is 28.5. The van der Waals surface area contributed by atoms with Gasteiger partial charge in [-0.05, 0) is 75.6 Å². The first-order valence-corrected chi connectivity index (χ1v) is 14.5. The van der Waals surface area contributed by atoms with Gasteiger partial charge in [-0.1, -0.05) is 26.0 Å². The molecule has 1 fully saturated rings. The van der Waals surface area contributed by atoms with Crippen molar-refractivity contribution in [3.05, 3.63) is 47.4 Å². The van der Waals surface area contributed by atoms with Gasteiger partial charge in [-0.3, -0.25) is 4.79 Å². The third-order valence-electron chi connectivity index (χ3n) is 6.43. The predicted molar refractivity (Wildman–Crippen MR) is 147 cm³/mol. The van der Waals surface area contributed by atoms with Crippen molar-refractivity contribution in [2.24, 2.45) is 5.41 Å². The highest BCUT2D eigenvalue weighted by Gasteiger charge is 2.46. The Hall–Kier alpha value is -2.85. The van der Waals surface area contributed by atoms with E-state index in [1.807, 2.05) is 34.6 Å². The second kappa shape index (κ2) is 11.1. The lowest BCUT2D eigenvalue weighted by molar-refractivity contribution is -0.156. The molecular formula is C28H38FN3O5S. The molecular weight excluding hydrogens is 509 g/mol. The van der Waals surface area contributed by atoms with Crippen molar-refractivity contribution in [3.63, 3.8) is 0 Å². The molecule has 0 amide bonds. The van der Waals surface area contributed by atoms with E-state index < -0.39 is 27.5 Å². The summed E-state index contributed by atoms with van der Waals surface area (Å²) in [4.78, 5) is 21.5. The number of carbonyl (C=O) groups is 1. The highest BCUT2D eigenvalue weighted by molar-refractivity contribution is 7.92. The summed E-state index contributed by atoms with van der Waals surface area (Å²) in [6, 6.07) is 5.75. The number of nitrogens with zero attached hydrogens (tertiary/aromatic N) is 3. The number of benzene rings is 1. The van der Waals surface area contributed by atoms with Crippen LogP contribution in [0.1, 0.15) is 77.5 Å². The third-order valence-corrected chi connectivity index (χ3v) is 7.59. The van der Waals surface area contributed by atoms with Gasteiger partial charge in [-0.25, -0.2) is 27.1 Å². The Labute approximate surface area is 225 Å². The number of esters is 1. The van der Waals surface area contributed by atoms with Crippen LogP contribution in [0, 0.1) is 11.2 Å². The molecule has 0 radical (unpaired) electrons. The van der Waals surface area contributed by atoms with Crippen LogP contribution < -0.4 is 4.31 Å². The summed E-state index contributed by atoms with van der Waals surface area (Å²) in [6.45, 7) is 9.33. The van der Waals surface area contributed by atoms with Gasteiger partial charge in [0.15, 0.2) is 0 Å². The summed E-state index contributed by atoms with van der Waals surface area (Å²) in [6.07, 6.45) is 5.94. The molecule has 208 valence electrons. The van der Waals surface area contributed by atoms with Gasteiger partial charge in [-0.2, -0.15) is 0 Å². The van der Waals surface area contributed by atoms with Crippen LogP contribution in [0.15, 0.2) is 30.3 Å². The van der Waals surface area contributed by atoms with Gasteiger partial charge in [0.25, 0.3) is 0 Å². The molecule has 1 saturated carbocycles. The number of ether oxygens (including phenoxy) is 1. The molecule has 1 heterocycles. The number of aliphatic hydroxyl groups is 1. The minimum Gasteiger partial charge on any atom is -0.460 e. The van der Waals surface area contributed by atoms with Crippen LogP contribution in [0.25, 0.3) is 17.3 Å². The topological polar surface area (TPSA) is 110 Å². The van der Waals surface area contributed by atoms with Crippen LogP contribution in [-0.4, -0.2) is 54.5 Å². The Balaban J connectivity index is 1.96. The van der Waals surface area contributed by atoms with Gasteiger partial charge in [-0.15, -0.1) is 0 Å². The van der Waals surface area contributed by atoms with Gasteiger partial charge in [0.05, 0.1) is 30.2 Å². The molecule has 0 bridgehead atoms. The van der Waals surface area contributed by atoms with Gasteiger partial charge in [0.1, 0.15) is 11.4 Å². The Morgan fingerprint density at radius 2 is 1.82 bits per heavy atom. The number of rotatable bonds is 10. The second-order valence-electron chi connectivity index (χ2n) is 11.5. The van der Waals surface area contributed by atoms with E-state index in [-0.39, 0.29) is 29.7 Å². The normalized spacial score (nSPS) is 16.1. The summed E-state index contributed by atoms with van der Waals surface area (Å²) in [7, 11) is -2.25. The van der Waals surface area contributed by atoms with Gasteiger partial charge in [0, 0.05) is 18.2 Å². The summed E-state index contributed by atoms with van der Waals surface area (Å²) in [5.74, 6) is -0.788. The summed E-state index contributed by atoms with van der Waals surface area (Å²) < 4.78 is 44.6. The summed E-state index contributed by atoms with van der Waals surface area (Å²) in [5, 5.41) is 10.9. The van der Waals surface area contributed by atoms with Crippen molar-refractivity contribution in [2.75, 3.05) is 17.6 Å². The Morgan fingerprint density at radius 3 is 2.32 bits per heavy atom. The van der Waals surface area contributed by atoms with Crippen LogP contribution in [0.4, 0.5) is 10.3 Å². The fourth-order valence-corrected chi connectivity index (χ4v) is 4.61. The first-order valence-electron chi connectivity index (χ1n) is 12.7. The van der Waals surface area contributed by atoms with Crippen molar-refractivity contribution in [1.82, 2.24) is 9.97 Å². The Bertz CT molecular complexity index is 1300. The zero-order valence-corrected chi connectivity index (χ0v) is 24.0. The minimum absolute atomic E-state index is 0.00233. The number of hydrogen-bond acceptors (Lipinski definition) is 7. The van der Waals surface area contributed by atoms with Gasteiger partial charge < -0.3 is 9.84 Å². The average Bonchev–Trinajstić information content (AvgIpc) is 3.53. The molecule has 0 spiro atoms. The van der Waals surface area contributed by atoms with E-state index in [1.54, 1.807) is 24.3 Å². The first-order chi connectivity index (χ1) is 17.5. The lowest BCUT2D eigenvalue weighted by Gasteiger charge is -2.23. The molecule has 1 aliphatic carbocycles. The molecule has 1 atom stereocenters. The van der Waals surface area contributed by atoms with E-state index in [9.17, 15) is 22.7 Å². The first kappa shape index (κ1) is 29.7. The van der Waals surface area contributed by atoms with E-state index >= 15 is 0 Å². The van der Waals surface area contributed by atoms with Crippen molar-refractivity contribution >= 4 is 28.0 Å². The lowest BCUT2D eigenvalue weighted by Crippen LogP contribution is -2.27. The quantitative estimate of drug-likeness (QED) is 0.413. The molecule has 0 saturated heterocycles. The highest BCUT2D eigenvalue weighted by atomic mass is 32.2. The highest BCUT2D eigenvalue weighted by Crippen LogP contribution is 2.53. The fraction of sp³-hybridized carbons (Fsp3) is 0.536. The SMILES string of the molecule is CC(C)c1nc(N(C)S(C)(=O)=O)nc(-c2ccc(F)cc2)c1/C=C/[C@@H](O)CC1(CC(=O)OC(C)(C)C)CC1. The molecule has 2 aromatic rings. The maximum Gasteiger partial charge on any atom is 0.306 e. The molecule has 1 aromatic carbocycles. The van der Waals surface area contributed by atoms with E-state index in [0.717, 1.165) is 23.4 Å². The summed E-state index contributed by atoms with van der Waals surface area (Å²) >= 11 is 0. The Kier molecular flexibility index (Phi) is 8.67. The summed E-state index contributed by atoms with van der Waals surface area (Å²) in [5.41, 5.74) is 1.35. The van der Waals surface area contributed by atoms with E-state index in [4.69, 9.17) is 4.74 Å². The minimum atomic E-state index is -3.62. The monoisotopic (exact) mass is 547 g/mol. The van der Waals surface area contributed by atoms with E-state index in [1.165, 1.54) is 19.2 Å². The molecule has 8 nitrogen and oxygen atoms in total. The Morgan fingerprint density at radius 1 is 1.21 bits per heavy atom. The van der Waals surface area contributed by atoms with Crippen LogP contribution in [0.5, 0.6) is 0 Å². The van der Waals surface area contributed by atoms with Crippen LogP contribution in [0.3, 0.4) is 0 Å². The largest absolute Gasteiger partial charge is 0.460 e. The second-order valence-corrected chi connectivity index (χ2v) is 13.5. The van der Waals surface area contributed by atoms with E-state index in [0.29, 0.717) is 28.9 Å². The fourth-order valence-electron chi connectivity index (χ4n) is 4.23. The van der Waals surface area contributed by atoms with Crippen LogP contribution >= 0.6 is 0 Å². The number of hydrogen-bond donors (Lipinski definition) is 1. The molecule has 3 rings (SSSR count). The lowest BCUT2D eigenvalue weighted by atomic mass is 9.93. The van der Waals surface area contributed by atoms with E-state index in [2.05, 4.69) is 9.97 Å². The van der Waals surface area contributed by atoms with Crippen molar-refractivity contribution in [2.45, 2.75) is 77.9 Å². The molecule has 10 heteroatoms. The number of halogens is 1. The van der Waals surface area contributed by atoms with Gasteiger partial charge in [0.2, 0.25) is 16.0 Å². The number of aliphatic hydroxyl groups excluding tert-OH is 1. The van der Waals surface area contributed by atoms with Crippen molar-refractivity contribution in [3.8, 4) is 11.3 Å². The molecule has 1 aliphatic rings. The molecule has 0 unspecified atom stereocenters. The smallest absolute Gasteiger partial charge is 0.306 e. The maximum absolute atomic E-state index is 13.7. The molecule has 38 heavy (non-hydrogen) atoms. The van der Waals surface area contributed by atoms with Gasteiger partial charge >= 0.3 is 5.97 Å². The number of anilines is 1. The average molecular weight is 548 g/mol. The van der Waals surface area contributed by atoms with Crippen molar-refractivity contribution in [1.29, 1.82) is 0 Å². The standard InChI is InChI=1S/C28H38FN3O5S/c1-18(2)24-22(13-12-21(33)16-28(14-15-28)17-23(34)37-27(3,4)5)25(19-8-10-20(29)11-9-19)31-26(30-24)32(6)38(7,35)36/h8-13,18,21,33H,14-17H2,1-7H3/b13-12+/t21-/m1/s1. The number of sulfonamides is 1.